The van der Waals surface area contributed by atoms with Crippen molar-refractivity contribution in [3.8, 4) is 5.75 Å². The average molecular weight is 805 g/mol. The number of imide groups is 1. The molecular formula is C39H44Cl2FN3O8S. The van der Waals surface area contributed by atoms with Gasteiger partial charge in [0.05, 0.1) is 24.6 Å². The molecule has 11 nitrogen and oxygen atoms in total. The highest BCUT2D eigenvalue weighted by Gasteiger charge is 2.65. The van der Waals surface area contributed by atoms with Crippen LogP contribution in [0.2, 0.25) is 10.0 Å². The van der Waals surface area contributed by atoms with Crippen molar-refractivity contribution >= 4 is 62.7 Å². The number of hydrogen-bond donors (Lipinski definition) is 2. The zero-order valence-corrected chi connectivity index (χ0v) is 33.1. The van der Waals surface area contributed by atoms with Crippen LogP contribution < -0.4 is 19.7 Å². The Bertz CT molecular complexity index is 2080. The van der Waals surface area contributed by atoms with Gasteiger partial charge >= 0.3 is 6.09 Å². The molecule has 2 heterocycles. The number of ether oxygens (including phenoxy) is 2. The molecule has 1 spiro atoms. The van der Waals surface area contributed by atoms with Crippen molar-refractivity contribution < 1.29 is 41.5 Å². The van der Waals surface area contributed by atoms with Crippen molar-refractivity contribution in [2.45, 2.75) is 95.6 Å². The molecule has 3 atom stereocenters. The first-order chi connectivity index (χ1) is 25.5. The van der Waals surface area contributed by atoms with Gasteiger partial charge in [0.1, 0.15) is 17.0 Å². The lowest BCUT2D eigenvalue weighted by atomic mass is 9.58. The van der Waals surface area contributed by atoms with E-state index >= 15 is 9.18 Å². The van der Waals surface area contributed by atoms with E-state index in [9.17, 15) is 22.8 Å². The second kappa shape index (κ2) is 16.3. The largest absolute Gasteiger partial charge is 0.477 e. The number of sulfonamides is 1. The minimum atomic E-state index is -3.99. The zero-order valence-electron chi connectivity index (χ0n) is 30.8. The SMILES string of the molecule is CCCCCCOC(=O)N1C(=O)[C@]2(c3ccc(Cl)cc31)[C@@H](c1cc(Cl)ccc1OC(CC)(CC)C(=O)NS(C)(=O)=O)CC(=O)N[C@H]2c1cc(F)ccc1C. The summed E-state index contributed by atoms with van der Waals surface area (Å²) in [6.07, 6.45) is 2.94. The van der Waals surface area contributed by atoms with Crippen LogP contribution in [0, 0.1) is 12.7 Å². The van der Waals surface area contributed by atoms with Crippen molar-refractivity contribution in [2.24, 2.45) is 0 Å². The number of anilines is 1. The molecule has 3 aromatic carbocycles. The summed E-state index contributed by atoms with van der Waals surface area (Å²) in [5.74, 6) is -3.92. The molecule has 290 valence electrons. The van der Waals surface area contributed by atoms with Crippen molar-refractivity contribution in [1.29, 1.82) is 0 Å². The molecule has 5 rings (SSSR count). The number of rotatable bonds is 13. The van der Waals surface area contributed by atoms with Crippen LogP contribution in [-0.2, 0) is 34.6 Å². The summed E-state index contributed by atoms with van der Waals surface area (Å²) in [6, 6.07) is 11.9. The van der Waals surface area contributed by atoms with Crippen molar-refractivity contribution in [2.75, 3.05) is 17.8 Å². The maximum absolute atomic E-state index is 15.5. The highest BCUT2D eigenvalue weighted by atomic mass is 35.5. The Labute approximate surface area is 324 Å². The number of carbonyl (C=O) groups is 4. The van der Waals surface area contributed by atoms with E-state index in [0.717, 1.165) is 30.4 Å². The van der Waals surface area contributed by atoms with Crippen molar-refractivity contribution in [1.82, 2.24) is 10.0 Å². The lowest BCUT2D eigenvalue weighted by Gasteiger charge is -2.47. The number of unbranched alkanes of at least 4 members (excludes halogenated alkanes) is 3. The Balaban J connectivity index is 1.78. The van der Waals surface area contributed by atoms with E-state index in [4.69, 9.17) is 32.7 Å². The summed E-state index contributed by atoms with van der Waals surface area (Å²) in [6.45, 7) is 7.14. The molecule has 0 bridgehead atoms. The Hall–Kier alpha value is -4.20. The van der Waals surface area contributed by atoms with Gasteiger partial charge in [-0.25, -0.2) is 27.2 Å². The number of halogens is 3. The number of nitrogens with one attached hydrogen (secondary N) is 2. The van der Waals surface area contributed by atoms with Gasteiger partial charge < -0.3 is 14.8 Å². The fraction of sp³-hybridized carbons (Fsp3) is 0.436. The lowest BCUT2D eigenvalue weighted by Crippen LogP contribution is -2.59. The summed E-state index contributed by atoms with van der Waals surface area (Å²) >= 11 is 13.1. The molecule has 4 amide bonds. The maximum atomic E-state index is 15.5. The highest BCUT2D eigenvalue weighted by molar-refractivity contribution is 7.89. The van der Waals surface area contributed by atoms with E-state index in [1.807, 2.05) is 4.72 Å². The third kappa shape index (κ3) is 7.81. The predicted molar refractivity (Wildman–Crippen MR) is 204 cm³/mol. The van der Waals surface area contributed by atoms with Gasteiger partial charge in [0, 0.05) is 27.9 Å². The average Bonchev–Trinajstić information content (AvgIpc) is 3.35. The quantitative estimate of drug-likeness (QED) is 0.166. The van der Waals surface area contributed by atoms with Crippen LogP contribution in [0.25, 0.3) is 0 Å². The van der Waals surface area contributed by atoms with Crippen LogP contribution >= 0.6 is 23.2 Å². The number of hydrogen-bond acceptors (Lipinski definition) is 8. The normalized spacial score (nSPS) is 19.7. The number of nitrogens with zero attached hydrogens (tertiary/aromatic N) is 1. The van der Waals surface area contributed by atoms with Crippen LogP contribution in [0.15, 0.2) is 54.6 Å². The van der Waals surface area contributed by atoms with E-state index < -0.39 is 62.6 Å². The van der Waals surface area contributed by atoms with Crippen molar-refractivity contribution in [3.63, 3.8) is 0 Å². The highest BCUT2D eigenvalue weighted by Crippen LogP contribution is 2.61. The molecule has 2 N–H and O–H groups in total. The minimum Gasteiger partial charge on any atom is -0.477 e. The smallest absolute Gasteiger partial charge is 0.421 e. The molecule has 2 aliphatic heterocycles. The summed E-state index contributed by atoms with van der Waals surface area (Å²) < 4.78 is 53.7. The Morgan fingerprint density at radius 3 is 2.33 bits per heavy atom. The van der Waals surface area contributed by atoms with Gasteiger partial charge in [-0.2, -0.15) is 0 Å². The van der Waals surface area contributed by atoms with Crippen LogP contribution in [0.4, 0.5) is 14.9 Å². The lowest BCUT2D eigenvalue weighted by molar-refractivity contribution is -0.136. The van der Waals surface area contributed by atoms with E-state index in [1.54, 1.807) is 32.9 Å². The number of benzene rings is 3. The van der Waals surface area contributed by atoms with Gasteiger partial charge in [-0.15, -0.1) is 0 Å². The van der Waals surface area contributed by atoms with E-state index in [1.165, 1.54) is 42.5 Å². The minimum absolute atomic E-state index is 0.0342. The van der Waals surface area contributed by atoms with Gasteiger partial charge in [-0.3, -0.25) is 14.4 Å². The third-order valence-electron chi connectivity index (χ3n) is 10.3. The predicted octanol–water partition coefficient (Wildman–Crippen LogP) is 7.80. The van der Waals surface area contributed by atoms with Crippen LogP contribution in [0.5, 0.6) is 5.75 Å². The fourth-order valence-corrected chi connectivity index (χ4v) is 8.47. The van der Waals surface area contributed by atoms with Crippen LogP contribution in [0.3, 0.4) is 0 Å². The molecule has 0 unspecified atom stereocenters. The van der Waals surface area contributed by atoms with Gasteiger partial charge in [-0.05, 0) is 85.3 Å². The Morgan fingerprint density at radius 1 is 0.981 bits per heavy atom. The summed E-state index contributed by atoms with van der Waals surface area (Å²) in [7, 11) is -3.99. The van der Waals surface area contributed by atoms with E-state index in [0.29, 0.717) is 17.5 Å². The molecular weight excluding hydrogens is 760 g/mol. The molecule has 1 saturated heterocycles. The molecule has 0 saturated carbocycles. The van der Waals surface area contributed by atoms with Crippen molar-refractivity contribution in [3.05, 3.63) is 92.7 Å². The van der Waals surface area contributed by atoms with Gasteiger partial charge in [0.15, 0.2) is 5.60 Å². The number of fused-ring (bicyclic) bond motifs is 2. The maximum Gasteiger partial charge on any atom is 0.421 e. The molecule has 0 aliphatic carbocycles. The van der Waals surface area contributed by atoms with Gasteiger partial charge in [0.25, 0.3) is 5.91 Å². The second-order valence-corrected chi connectivity index (χ2v) is 16.4. The monoisotopic (exact) mass is 803 g/mol. The van der Waals surface area contributed by atoms with Crippen LogP contribution in [-0.4, -0.2) is 50.7 Å². The molecule has 3 aromatic rings. The molecule has 1 fully saturated rings. The zero-order chi connectivity index (χ0) is 39.6. The van der Waals surface area contributed by atoms with E-state index in [-0.39, 0.29) is 58.5 Å². The summed E-state index contributed by atoms with van der Waals surface area (Å²) in [5, 5.41) is 3.36. The standard InChI is InChI=1S/C39H44Cl2FN3O8S/c1-6-9-10-11-18-52-37(49)45-31-20-25(41)13-16-29(31)39(36(45)48)30(22-33(46)43-34(39)27-21-26(42)15-12-23(27)4)28-19-24(40)14-17-32(28)53-38(7-2,8-3)35(47)44-54(5,50)51/h12-17,19-21,30,34H,6-11,18,22H2,1-5H3,(H,43,46)(H,44,47)/t30-,34+,39-/m1/s1. The molecule has 2 aliphatic rings. The summed E-state index contributed by atoms with van der Waals surface area (Å²) in [5.41, 5.74) is -2.10. The number of aryl methyl sites for hydroxylation is 1. The Kier molecular flexibility index (Phi) is 12.3. The first-order valence-corrected chi connectivity index (χ1v) is 20.5. The molecule has 15 heteroatoms. The third-order valence-corrected chi connectivity index (χ3v) is 11.4. The first-order valence-electron chi connectivity index (χ1n) is 17.9. The Morgan fingerprint density at radius 2 is 1.67 bits per heavy atom. The second-order valence-electron chi connectivity index (χ2n) is 13.8. The number of carbonyl (C=O) groups excluding carboxylic acids is 4. The number of piperidine rings is 1. The molecule has 54 heavy (non-hydrogen) atoms. The number of amides is 4. The first kappa shape index (κ1) is 41.0. The molecule has 0 aromatic heterocycles. The summed E-state index contributed by atoms with van der Waals surface area (Å²) in [4.78, 5) is 57.8. The molecule has 0 radical (unpaired) electrons. The van der Waals surface area contributed by atoms with Gasteiger partial charge in [-0.1, -0.05) is 75.4 Å². The topological polar surface area (TPSA) is 148 Å². The van der Waals surface area contributed by atoms with E-state index in [2.05, 4.69) is 12.2 Å². The van der Waals surface area contributed by atoms with Gasteiger partial charge in [0.2, 0.25) is 21.8 Å². The fourth-order valence-electron chi connectivity index (χ4n) is 7.60. The van der Waals surface area contributed by atoms with Crippen LogP contribution in [0.1, 0.15) is 99.9 Å².